The minimum absolute atomic E-state index is 0.269. The highest BCUT2D eigenvalue weighted by Gasteiger charge is 2.12. The Bertz CT molecular complexity index is 615. The van der Waals surface area contributed by atoms with Gasteiger partial charge in [0, 0.05) is 5.02 Å². The van der Waals surface area contributed by atoms with Crippen molar-refractivity contribution in [1.82, 2.24) is 0 Å². The van der Waals surface area contributed by atoms with E-state index in [1.54, 1.807) is 18.2 Å². The number of halogens is 1. The molecule has 0 saturated carbocycles. The molecule has 0 spiro atoms. The van der Waals surface area contributed by atoms with E-state index < -0.39 is 5.97 Å². The van der Waals surface area contributed by atoms with Crippen LogP contribution in [0.1, 0.15) is 29.8 Å². The highest BCUT2D eigenvalue weighted by Crippen LogP contribution is 2.27. The molecule has 0 aromatic heterocycles. The summed E-state index contributed by atoms with van der Waals surface area (Å²) in [6, 6.07) is 12.8. The molecule has 0 fully saturated rings. The van der Waals surface area contributed by atoms with Crippen LogP contribution in [0.3, 0.4) is 0 Å². The first-order chi connectivity index (χ1) is 9.47. The van der Waals surface area contributed by atoms with Crippen molar-refractivity contribution in [3.8, 4) is 11.1 Å². The first kappa shape index (κ1) is 14.6. The van der Waals surface area contributed by atoms with Gasteiger partial charge in [-0.3, -0.25) is 0 Å². The smallest absolute Gasteiger partial charge is 0.336 e. The molecule has 2 rings (SSSR count). The first-order valence-electron chi connectivity index (χ1n) is 6.59. The fraction of sp³-hybridized carbons (Fsp3) is 0.235. The van der Waals surface area contributed by atoms with Gasteiger partial charge in [-0.15, -0.1) is 0 Å². The summed E-state index contributed by atoms with van der Waals surface area (Å²) in [5.74, 6) is -0.343. The predicted molar refractivity (Wildman–Crippen MR) is 82.4 cm³/mol. The van der Waals surface area contributed by atoms with Crippen molar-refractivity contribution in [1.29, 1.82) is 0 Å². The van der Waals surface area contributed by atoms with E-state index in [2.05, 4.69) is 13.8 Å². The normalized spacial score (nSPS) is 10.8. The van der Waals surface area contributed by atoms with Crippen molar-refractivity contribution in [3.05, 3.63) is 58.6 Å². The Labute approximate surface area is 124 Å². The predicted octanol–water partition coefficient (Wildman–Crippen LogP) is 4.90. The second kappa shape index (κ2) is 6.10. The van der Waals surface area contributed by atoms with Crippen molar-refractivity contribution < 1.29 is 9.90 Å². The molecule has 0 radical (unpaired) electrons. The fourth-order valence-electron chi connectivity index (χ4n) is 2.23. The average Bonchev–Trinajstić information content (AvgIpc) is 2.38. The van der Waals surface area contributed by atoms with Gasteiger partial charge in [-0.1, -0.05) is 49.7 Å². The van der Waals surface area contributed by atoms with Gasteiger partial charge in [0.05, 0.1) is 5.56 Å². The minimum Gasteiger partial charge on any atom is -0.478 e. The van der Waals surface area contributed by atoms with Crippen LogP contribution >= 0.6 is 11.6 Å². The van der Waals surface area contributed by atoms with Gasteiger partial charge in [-0.25, -0.2) is 4.79 Å². The van der Waals surface area contributed by atoms with E-state index in [1.165, 1.54) is 5.56 Å². The van der Waals surface area contributed by atoms with E-state index in [0.29, 0.717) is 16.5 Å². The van der Waals surface area contributed by atoms with Gasteiger partial charge in [0.2, 0.25) is 0 Å². The molecular formula is C17H17ClO2. The highest BCUT2D eigenvalue weighted by atomic mass is 35.5. The molecule has 3 heteroatoms. The lowest BCUT2D eigenvalue weighted by atomic mass is 9.96. The highest BCUT2D eigenvalue weighted by molar-refractivity contribution is 6.31. The second-order valence-electron chi connectivity index (χ2n) is 5.29. The van der Waals surface area contributed by atoms with Crippen molar-refractivity contribution in [2.75, 3.05) is 0 Å². The molecule has 1 N–H and O–H groups in total. The van der Waals surface area contributed by atoms with Gasteiger partial charge >= 0.3 is 5.97 Å². The van der Waals surface area contributed by atoms with E-state index in [-0.39, 0.29) is 5.56 Å². The zero-order valence-corrected chi connectivity index (χ0v) is 12.3. The summed E-state index contributed by atoms with van der Waals surface area (Å²) in [6.45, 7) is 4.35. The maximum Gasteiger partial charge on any atom is 0.336 e. The van der Waals surface area contributed by atoms with E-state index in [9.17, 15) is 9.90 Å². The van der Waals surface area contributed by atoms with Gasteiger partial charge in [-0.05, 0) is 47.2 Å². The second-order valence-corrected chi connectivity index (χ2v) is 5.73. The number of aromatic carboxylic acids is 1. The van der Waals surface area contributed by atoms with Gasteiger partial charge < -0.3 is 5.11 Å². The Morgan fingerprint density at radius 1 is 1.15 bits per heavy atom. The van der Waals surface area contributed by atoms with Crippen LogP contribution in [0.5, 0.6) is 0 Å². The number of benzene rings is 2. The number of carboxylic acids is 1. The van der Waals surface area contributed by atoms with Crippen molar-refractivity contribution in [2.45, 2.75) is 20.3 Å². The minimum atomic E-state index is -0.942. The first-order valence-corrected chi connectivity index (χ1v) is 6.97. The quantitative estimate of drug-likeness (QED) is 0.868. The lowest BCUT2D eigenvalue weighted by Crippen LogP contribution is -1.99. The van der Waals surface area contributed by atoms with Crippen LogP contribution in [0.25, 0.3) is 11.1 Å². The molecule has 0 saturated heterocycles. The number of hydrogen-bond acceptors (Lipinski definition) is 1. The van der Waals surface area contributed by atoms with Gasteiger partial charge in [0.15, 0.2) is 0 Å². The number of carbonyl (C=O) groups is 1. The van der Waals surface area contributed by atoms with Crippen LogP contribution in [0.4, 0.5) is 0 Å². The third-order valence-corrected chi connectivity index (χ3v) is 3.36. The molecule has 0 aliphatic carbocycles. The number of hydrogen-bond donors (Lipinski definition) is 1. The molecule has 0 amide bonds. The molecule has 0 aliphatic rings. The summed E-state index contributed by atoms with van der Waals surface area (Å²) in [4.78, 5) is 11.3. The Morgan fingerprint density at radius 3 is 2.35 bits per heavy atom. The molecule has 104 valence electrons. The lowest BCUT2D eigenvalue weighted by Gasteiger charge is -2.09. The van der Waals surface area contributed by atoms with Crippen LogP contribution in [0.2, 0.25) is 5.02 Å². The standard InChI is InChI=1S/C17H17ClO2/c1-11(2)9-12-3-5-13(6-4-12)16-10-14(18)7-8-15(16)17(19)20/h3-8,10-11H,9H2,1-2H3,(H,19,20). The van der Waals surface area contributed by atoms with Crippen LogP contribution in [-0.2, 0) is 6.42 Å². The summed E-state index contributed by atoms with van der Waals surface area (Å²) in [5.41, 5.74) is 3.05. The molecule has 0 atom stereocenters. The molecular weight excluding hydrogens is 272 g/mol. The molecule has 0 heterocycles. The van der Waals surface area contributed by atoms with Crippen LogP contribution in [0.15, 0.2) is 42.5 Å². The monoisotopic (exact) mass is 288 g/mol. The van der Waals surface area contributed by atoms with Crippen molar-refractivity contribution in [3.63, 3.8) is 0 Å². The van der Waals surface area contributed by atoms with Gasteiger partial charge in [-0.2, -0.15) is 0 Å². The Kier molecular flexibility index (Phi) is 4.46. The van der Waals surface area contributed by atoms with E-state index >= 15 is 0 Å². The topological polar surface area (TPSA) is 37.3 Å². The molecule has 0 bridgehead atoms. The molecule has 2 aromatic carbocycles. The average molecular weight is 289 g/mol. The van der Waals surface area contributed by atoms with Gasteiger partial charge in [0.1, 0.15) is 0 Å². The summed E-state index contributed by atoms with van der Waals surface area (Å²) in [5, 5.41) is 9.79. The Balaban J connectivity index is 2.41. The summed E-state index contributed by atoms with van der Waals surface area (Å²) in [7, 11) is 0. The molecule has 0 unspecified atom stereocenters. The molecule has 2 aromatic rings. The number of carboxylic acid groups (broad SMARTS) is 1. The Hall–Kier alpha value is -1.80. The maximum absolute atomic E-state index is 11.3. The lowest BCUT2D eigenvalue weighted by molar-refractivity contribution is 0.0698. The van der Waals surface area contributed by atoms with E-state index in [4.69, 9.17) is 11.6 Å². The van der Waals surface area contributed by atoms with Crippen molar-refractivity contribution in [2.24, 2.45) is 5.92 Å². The zero-order valence-electron chi connectivity index (χ0n) is 11.6. The Morgan fingerprint density at radius 2 is 1.80 bits per heavy atom. The van der Waals surface area contributed by atoms with Crippen LogP contribution in [0, 0.1) is 5.92 Å². The van der Waals surface area contributed by atoms with E-state index in [1.807, 2.05) is 24.3 Å². The van der Waals surface area contributed by atoms with Crippen LogP contribution < -0.4 is 0 Å². The van der Waals surface area contributed by atoms with Crippen LogP contribution in [-0.4, -0.2) is 11.1 Å². The van der Waals surface area contributed by atoms with E-state index in [0.717, 1.165) is 12.0 Å². The fourth-order valence-corrected chi connectivity index (χ4v) is 2.41. The summed E-state index contributed by atoms with van der Waals surface area (Å²) >= 11 is 5.98. The third-order valence-electron chi connectivity index (χ3n) is 3.12. The van der Waals surface area contributed by atoms with Crippen molar-refractivity contribution >= 4 is 17.6 Å². The largest absolute Gasteiger partial charge is 0.478 e. The molecule has 2 nitrogen and oxygen atoms in total. The number of rotatable bonds is 4. The zero-order chi connectivity index (χ0) is 14.7. The van der Waals surface area contributed by atoms with Gasteiger partial charge in [0.25, 0.3) is 0 Å². The maximum atomic E-state index is 11.3. The third kappa shape index (κ3) is 3.40. The molecule has 20 heavy (non-hydrogen) atoms. The molecule has 0 aliphatic heterocycles. The summed E-state index contributed by atoms with van der Waals surface area (Å²) in [6.07, 6.45) is 1.02. The summed E-state index contributed by atoms with van der Waals surface area (Å²) < 4.78 is 0. The SMILES string of the molecule is CC(C)Cc1ccc(-c2cc(Cl)ccc2C(=O)O)cc1.